The second kappa shape index (κ2) is 20.8. The van der Waals surface area contributed by atoms with Gasteiger partial charge in [0.15, 0.2) is 5.78 Å². The Labute approximate surface area is 201 Å². The summed E-state index contributed by atoms with van der Waals surface area (Å²) in [6.45, 7) is 1.48. The maximum Gasteiger partial charge on any atom is 0.340 e. The zero-order chi connectivity index (χ0) is 19.6. The highest BCUT2D eigenvalue weighted by atomic mass is 16.7. The average Bonchev–Trinajstić information content (AvgIpc) is 2.68. The maximum atomic E-state index is 12.0. The Morgan fingerprint density at radius 3 is 1.42 bits per heavy atom. The van der Waals surface area contributed by atoms with Crippen molar-refractivity contribution in [2.45, 2.75) is 58.1 Å². The molecule has 33 heavy (non-hydrogen) atoms. The molecular formula is C26H44O7. The van der Waals surface area contributed by atoms with E-state index in [-0.39, 0.29) is 62.7 Å². The minimum Gasteiger partial charge on any atom is -0.424 e. The average molecular weight is 469 g/mol. The number of hydrogen-bond acceptors (Lipinski definition) is 7. The molecule has 0 aliphatic carbocycles. The molecule has 2 rings (SSSR count). The first-order valence-corrected chi connectivity index (χ1v) is 8.12. The zero-order valence-corrected chi connectivity index (χ0v) is 15.1. The molecule has 0 atom stereocenters. The monoisotopic (exact) mass is 468 g/mol. The van der Waals surface area contributed by atoms with E-state index in [9.17, 15) is 14.4 Å². The van der Waals surface area contributed by atoms with Crippen LogP contribution in [-0.4, -0.2) is 38.4 Å². The van der Waals surface area contributed by atoms with Crippen LogP contribution < -0.4 is 0 Å². The number of carbonyl (C=O) groups is 3. The summed E-state index contributed by atoms with van der Waals surface area (Å²) in [6.07, 6.45) is 0. The van der Waals surface area contributed by atoms with Crippen LogP contribution in [-0.2, 0) is 25.6 Å². The molecule has 0 N–H and O–H groups in total. The second-order valence-corrected chi connectivity index (χ2v) is 5.57. The smallest absolute Gasteiger partial charge is 0.340 e. The van der Waals surface area contributed by atoms with Gasteiger partial charge in [0, 0.05) is 12.7 Å². The third-order valence-corrected chi connectivity index (χ3v) is 3.57. The highest BCUT2D eigenvalue weighted by Gasteiger charge is 2.11. The van der Waals surface area contributed by atoms with E-state index in [1.165, 1.54) is 38.3 Å². The van der Waals surface area contributed by atoms with E-state index >= 15 is 0 Å². The molecule has 0 saturated heterocycles. The minimum atomic E-state index is -0.649. The molecule has 0 radical (unpaired) electrons. The molecule has 2 aromatic carbocycles. The Kier molecular flexibility index (Phi) is 25.5. The summed E-state index contributed by atoms with van der Waals surface area (Å²) in [5.41, 5.74) is 1.96. The van der Waals surface area contributed by atoms with Crippen LogP contribution >= 0.6 is 0 Å². The molecule has 0 unspecified atom stereocenters. The summed E-state index contributed by atoms with van der Waals surface area (Å²) in [5.74, 6) is -1.36. The zero-order valence-electron chi connectivity index (χ0n) is 15.1. The van der Waals surface area contributed by atoms with Crippen LogP contribution in [0.25, 0.3) is 0 Å². The van der Waals surface area contributed by atoms with Crippen molar-refractivity contribution >= 4 is 17.7 Å². The predicted molar refractivity (Wildman–Crippen MR) is 136 cm³/mol. The molecule has 0 heterocycles. The fourth-order valence-corrected chi connectivity index (χ4v) is 2.12. The van der Waals surface area contributed by atoms with Gasteiger partial charge in [0.2, 0.25) is 6.79 Å². The van der Waals surface area contributed by atoms with Crippen molar-refractivity contribution in [2.75, 3.05) is 20.7 Å². The molecule has 0 spiro atoms. The summed E-state index contributed by atoms with van der Waals surface area (Å²) < 4.78 is 19.8. The normalized spacial score (nSPS) is 8.42. The molecule has 7 heteroatoms. The maximum absolute atomic E-state index is 12.0. The van der Waals surface area contributed by atoms with Gasteiger partial charge >= 0.3 is 11.9 Å². The molecule has 0 aromatic heterocycles. The fraction of sp³-hybridized carbons (Fsp3) is 0.423. The van der Waals surface area contributed by atoms with Crippen LogP contribution in [0.1, 0.15) is 88.1 Å². The van der Waals surface area contributed by atoms with Crippen molar-refractivity contribution in [2.24, 2.45) is 0 Å². The quantitative estimate of drug-likeness (QED) is 0.173. The van der Waals surface area contributed by atoms with Gasteiger partial charge in [-0.25, -0.2) is 9.59 Å². The van der Waals surface area contributed by atoms with Crippen LogP contribution in [0.5, 0.6) is 0 Å². The molecule has 190 valence electrons. The Morgan fingerprint density at radius 1 is 0.636 bits per heavy atom. The van der Waals surface area contributed by atoms with Crippen LogP contribution in [0.3, 0.4) is 0 Å². The van der Waals surface area contributed by atoms with Gasteiger partial charge in [0.25, 0.3) is 0 Å². The Hall–Kier alpha value is -3.03. The lowest BCUT2D eigenvalue weighted by Crippen LogP contribution is -2.13. The van der Waals surface area contributed by atoms with Gasteiger partial charge < -0.3 is 18.9 Å². The highest BCUT2D eigenvalue weighted by Crippen LogP contribution is 2.09. The first-order valence-electron chi connectivity index (χ1n) is 8.12. The van der Waals surface area contributed by atoms with E-state index in [2.05, 4.69) is 0 Å². The highest BCUT2D eigenvalue weighted by molar-refractivity contribution is 5.96. The van der Waals surface area contributed by atoms with E-state index in [1.54, 1.807) is 24.3 Å². The summed E-state index contributed by atoms with van der Waals surface area (Å²) >= 11 is 0. The van der Waals surface area contributed by atoms with Crippen molar-refractivity contribution in [3.05, 3.63) is 70.8 Å². The van der Waals surface area contributed by atoms with Crippen molar-refractivity contribution in [1.29, 1.82) is 0 Å². The van der Waals surface area contributed by atoms with E-state index in [1.807, 2.05) is 0 Å². The lowest BCUT2D eigenvalue weighted by molar-refractivity contribution is -0.0391. The van der Waals surface area contributed by atoms with Gasteiger partial charge in [-0.3, -0.25) is 4.79 Å². The Bertz CT molecular complexity index is 781. The molecule has 7 nitrogen and oxygen atoms in total. The standard InChI is InChI=1S/C20H20O7.6CH4/c1-14(21)16-7-9-18(10-8-16)20(23)27-13-26-19(22)17-5-3-15(4-6-17)11-25-12-24-2;;;;;;/h3-10H,11-13H2,1-2H3;6*1H4. The lowest BCUT2D eigenvalue weighted by Gasteiger charge is -2.07. The molecular weight excluding hydrogens is 424 g/mol. The fourth-order valence-electron chi connectivity index (χ4n) is 2.12. The van der Waals surface area contributed by atoms with Gasteiger partial charge in [-0.05, 0) is 36.8 Å². The van der Waals surface area contributed by atoms with E-state index < -0.39 is 18.7 Å². The first kappa shape index (κ1) is 40.3. The molecule has 0 aliphatic rings. The summed E-state index contributed by atoms with van der Waals surface area (Å²) in [5, 5.41) is 0. The molecule has 0 amide bonds. The Morgan fingerprint density at radius 2 is 1.03 bits per heavy atom. The van der Waals surface area contributed by atoms with Crippen molar-refractivity contribution in [3.8, 4) is 0 Å². The topological polar surface area (TPSA) is 88.1 Å². The molecule has 0 fully saturated rings. The summed E-state index contributed by atoms with van der Waals surface area (Å²) in [7, 11) is 1.53. The molecule has 0 bridgehead atoms. The largest absolute Gasteiger partial charge is 0.424 e. The number of rotatable bonds is 9. The number of esters is 2. The SMILES string of the molecule is C.C.C.C.C.C.COCOCc1ccc(C(=O)OCOC(=O)c2ccc(C(C)=O)cc2)cc1. The minimum absolute atomic E-state index is 0. The van der Waals surface area contributed by atoms with Crippen LogP contribution in [0.2, 0.25) is 0 Å². The Balaban J connectivity index is -0.000000436. The van der Waals surface area contributed by atoms with Crippen molar-refractivity contribution in [3.63, 3.8) is 0 Å². The van der Waals surface area contributed by atoms with Crippen molar-refractivity contribution in [1.82, 2.24) is 0 Å². The summed E-state index contributed by atoms with van der Waals surface area (Å²) in [6, 6.07) is 12.7. The number of benzene rings is 2. The predicted octanol–water partition coefficient (Wildman–Crippen LogP) is 6.80. The van der Waals surface area contributed by atoms with E-state index in [0.29, 0.717) is 17.7 Å². The van der Waals surface area contributed by atoms with Crippen LogP contribution in [0, 0.1) is 0 Å². The van der Waals surface area contributed by atoms with E-state index in [0.717, 1.165) is 5.56 Å². The first-order chi connectivity index (χ1) is 13.0. The van der Waals surface area contributed by atoms with Crippen LogP contribution in [0.4, 0.5) is 0 Å². The van der Waals surface area contributed by atoms with Gasteiger partial charge in [-0.1, -0.05) is 68.8 Å². The number of carbonyl (C=O) groups excluding carboxylic acids is 3. The number of Topliss-reactive ketones (excluding diaryl/α,β-unsaturated/α-hetero) is 1. The lowest BCUT2D eigenvalue weighted by atomic mass is 10.1. The second-order valence-electron chi connectivity index (χ2n) is 5.57. The third kappa shape index (κ3) is 13.2. The number of methoxy groups -OCH3 is 1. The number of ketones is 1. The van der Waals surface area contributed by atoms with Crippen LogP contribution in [0.15, 0.2) is 48.5 Å². The van der Waals surface area contributed by atoms with Gasteiger partial charge in [0.05, 0.1) is 17.7 Å². The van der Waals surface area contributed by atoms with E-state index in [4.69, 9.17) is 18.9 Å². The van der Waals surface area contributed by atoms with Crippen molar-refractivity contribution < 1.29 is 33.3 Å². The number of ether oxygens (including phenoxy) is 4. The summed E-state index contributed by atoms with van der Waals surface area (Å²) in [4.78, 5) is 35.1. The molecule has 0 aliphatic heterocycles. The third-order valence-electron chi connectivity index (χ3n) is 3.57. The van der Waals surface area contributed by atoms with Gasteiger partial charge in [-0.2, -0.15) is 0 Å². The van der Waals surface area contributed by atoms with Gasteiger partial charge in [-0.15, -0.1) is 0 Å². The van der Waals surface area contributed by atoms with Gasteiger partial charge in [0.1, 0.15) is 6.79 Å². The number of hydrogen-bond donors (Lipinski definition) is 0. The molecule has 0 saturated carbocycles. The molecule has 2 aromatic rings.